The molecular weight excluding hydrogens is 313 g/mol. The Bertz CT molecular complexity index is 632. The van der Waals surface area contributed by atoms with Crippen molar-refractivity contribution in [3.05, 3.63) is 58.1 Å². The van der Waals surface area contributed by atoms with Gasteiger partial charge in [-0.05, 0) is 35.9 Å². The van der Waals surface area contributed by atoms with E-state index in [1.807, 2.05) is 12.1 Å². The van der Waals surface area contributed by atoms with E-state index in [1.54, 1.807) is 30.3 Å². The normalized spacial score (nSPS) is 10.8. The highest BCUT2D eigenvalue weighted by Gasteiger charge is 2.02. The minimum absolute atomic E-state index is 0.347. The summed E-state index contributed by atoms with van der Waals surface area (Å²) in [7, 11) is 0. The first-order chi connectivity index (χ1) is 10.2. The predicted octanol–water partition coefficient (Wildman–Crippen LogP) is 4.26. The van der Waals surface area contributed by atoms with E-state index in [1.165, 1.54) is 6.21 Å². The quantitative estimate of drug-likeness (QED) is 0.373. The SMILES string of the molecule is ON=Cc1cccc(OCCOc2ccc(Cl)cc2Cl)c1. The van der Waals surface area contributed by atoms with Crippen LogP contribution in [-0.4, -0.2) is 24.6 Å². The minimum atomic E-state index is 0.347. The maximum Gasteiger partial charge on any atom is 0.138 e. The first-order valence-electron chi connectivity index (χ1n) is 6.17. The van der Waals surface area contributed by atoms with Gasteiger partial charge in [0.2, 0.25) is 0 Å². The van der Waals surface area contributed by atoms with E-state index in [0.717, 1.165) is 5.56 Å². The monoisotopic (exact) mass is 325 g/mol. The third-order valence-corrected chi connectivity index (χ3v) is 3.10. The third kappa shape index (κ3) is 4.85. The lowest BCUT2D eigenvalue weighted by atomic mass is 10.2. The summed E-state index contributed by atoms with van der Waals surface area (Å²) in [5.74, 6) is 1.23. The summed E-state index contributed by atoms with van der Waals surface area (Å²) < 4.78 is 11.1. The Morgan fingerprint density at radius 2 is 1.86 bits per heavy atom. The van der Waals surface area contributed by atoms with Crippen LogP contribution in [0.3, 0.4) is 0 Å². The van der Waals surface area contributed by atoms with Crippen LogP contribution in [0.4, 0.5) is 0 Å². The number of nitrogens with zero attached hydrogens (tertiary/aromatic N) is 1. The van der Waals surface area contributed by atoms with Gasteiger partial charge in [0.15, 0.2) is 0 Å². The van der Waals surface area contributed by atoms with Crippen molar-refractivity contribution in [2.24, 2.45) is 5.16 Å². The highest BCUT2D eigenvalue weighted by Crippen LogP contribution is 2.27. The van der Waals surface area contributed by atoms with Gasteiger partial charge in [-0.25, -0.2) is 0 Å². The number of oxime groups is 1. The second kappa shape index (κ2) is 7.76. The number of hydrogen-bond acceptors (Lipinski definition) is 4. The maximum absolute atomic E-state index is 8.48. The zero-order valence-electron chi connectivity index (χ0n) is 11.0. The van der Waals surface area contributed by atoms with E-state index >= 15 is 0 Å². The van der Waals surface area contributed by atoms with Gasteiger partial charge < -0.3 is 14.7 Å². The zero-order chi connectivity index (χ0) is 15.1. The smallest absolute Gasteiger partial charge is 0.138 e. The van der Waals surface area contributed by atoms with Gasteiger partial charge >= 0.3 is 0 Å². The molecule has 4 nitrogen and oxygen atoms in total. The average molecular weight is 326 g/mol. The molecule has 1 N–H and O–H groups in total. The summed E-state index contributed by atoms with van der Waals surface area (Å²) in [5, 5.41) is 12.5. The molecule has 0 saturated carbocycles. The van der Waals surface area contributed by atoms with E-state index in [-0.39, 0.29) is 0 Å². The Morgan fingerprint density at radius 1 is 1.05 bits per heavy atom. The van der Waals surface area contributed by atoms with Gasteiger partial charge in [-0.15, -0.1) is 0 Å². The van der Waals surface area contributed by atoms with Crippen LogP contribution in [-0.2, 0) is 0 Å². The second-order valence-electron chi connectivity index (χ2n) is 4.09. The molecule has 6 heteroatoms. The Morgan fingerprint density at radius 3 is 2.62 bits per heavy atom. The third-order valence-electron chi connectivity index (χ3n) is 2.57. The van der Waals surface area contributed by atoms with Crippen molar-refractivity contribution in [3.63, 3.8) is 0 Å². The summed E-state index contributed by atoms with van der Waals surface area (Å²) in [6, 6.07) is 12.2. The lowest BCUT2D eigenvalue weighted by Gasteiger charge is -2.10. The average Bonchev–Trinajstić information content (AvgIpc) is 2.46. The van der Waals surface area contributed by atoms with Crippen molar-refractivity contribution in [1.82, 2.24) is 0 Å². The first-order valence-corrected chi connectivity index (χ1v) is 6.93. The van der Waals surface area contributed by atoms with E-state index in [0.29, 0.717) is 34.8 Å². The molecule has 0 bridgehead atoms. The number of benzene rings is 2. The van der Waals surface area contributed by atoms with Crippen LogP contribution in [0.1, 0.15) is 5.56 Å². The zero-order valence-corrected chi connectivity index (χ0v) is 12.5. The molecule has 0 aliphatic heterocycles. The van der Waals surface area contributed by atoms with Gasteiger partial charge in [-0.2, -0.15) is 0 Å². The molecule has 0 spiro atoms. The van der Waals surface area contributed by atoms with Crippen molar-refractivity contribution in [2.45, 2.75) is 0 Å². The van der Waals surface area contributed by atoms with Crippen LogP contribution < -0.4 is 9.47 Å². The fourth-order valence-corrected chi connectivity index (χ4v) is 2.12. The Hall–Kier alpha value is -1.91. The lowest BCUT2D eigenvalue weighted by molar-refractivity contribution is 0.217. The van der Waals surface area contributed by atoms with Crippen molar-refractivity contribution < 1.29 is 14.7 Å². The molecule has 2 aromatic carbocycles. The van der Waals surface area contributed by atoms with E-state index in [9.17, 15) is 0 Å². The maximum atomic E-state index is 8.48. The van der Waals surface area contributed by atoms with Crippen LogP contribution in [0.15, 0.2) is 47.6 Å². The van der Waals surface area contributed by atoms with Gasteiger partial charge in [0.05, 0.1) is 11.2 Å². The topological polar surface area (TPSA) is 51.1 Å². The summed E-state index contributed by atoms with van der Waals surface area (Å²) in [6.07, 6.45) is 1.33. The predicted molar refractivity (Wildman–Crippen MR) is 83.3 cm³/mol. The number of halogens is 2. The van der Waals surface area contributed by atoms with Crippen molar-refractivity contribution in [3.8, 4) is 11.5 Å². The molecule has 2 aromatic rings. The summed E-state index contributed by atoms with van der Waals surface area (Å²) in [6.45, 7) is 0.707. The molecule has 0 aromatic heterocycles. The van der Waals surface area contributed by atoms with E-state index in [2.05, 4.69) is 5.16 Å². The van der Waals surface area contributed by atoms with Crippen molar-refractivity contribution in [2.75, 3.05) is 13.2 Å². The molecule has 0 aliphatic rings. The second-order valence-corrected chi connectivity index (χ2v) is 4.93. The first kappa shape index (κ1) is 15.5. The fraction of sp³-hybridized carbons (Fsp3) is 0.133. The molecule has 21 heavy (non-hydrogen) atoms. The minimum Gasteiger partial charge on any atom is -0.490 e. The summed E-state index contributed by atoms with van der Waals surface area (Å²) in [5.41, 5.74) is 0.747. The van der Waals surface area contributed by atoms with Crippen LogP contribution in [0, 0.1) is 0 Å². The highest BCUT2D eigenvalue weighted by molar-refractivity contribution is 6.35. The van der Waals surface area contributed by atoms with Gasteiger partial charge in [0, 0.05) is 5.02 Å². The van der Waals surface area contributed by atoms with Crippen LogP contribution >= 0.6 is 23.2 Å². The molecule has 0 unspecified atom stereocenters. The van der Waals surface area contributed by atoms with E-state index < -0.39 is 0 Å². The van der Waals surface area contributed by atoms with Gasteiger partial charge in [-0.3, -0.25) is 0 Å². The van der Waals surface area contributed by atoms with Crippen LogP contribution in [0.2, 0.25) is 10.0 Å². The standard InChI is InChI=1S/C15H13Cl2NO3/c16-12-4-5-15(14(17)9-12)21-7-6-20-13-3-1-2-11(8-13)10-18-19/h1-5,8-10,19H,6-7H2. The molecule has 0 amide bonds. The van der Waals surface area contributed by atoms with Gasteiger partial charge in [-0.1, -0.05) is 40.5 Å². The number of ether oxygens (including phenoxy) is 2. The Kier molecular flexibility index (Phi) is 5.72. The molecule has 0 heterocycles. The molecule has 2 rings (SSSR count). The molecule has 0 fully saturated rings. The van der Waals surface area contributed by atoms with Gasteiger partial charge in [0.1, 0.15) is 24.7 Å². The van der Waals surface area contributed by atoms with E-state index in [4.69, 9.17) is 37.9 Å². The summed E-state index contributed by atoms with van der Waals surface area (Å²) >= 11 is 11.8. The van der Waals surface area contributed by atoms with Crippen LogP contribution in [0.5, 0.6) is 11.5 Å². The van der Waals surface area contributed by atoms with Crippen molar-refractivity contribution >= 4 is 29.4 Å². The highest BCUT2D eigenvalue weighted by atomic mass is 35.5. The molecule has 0 saturated heterocycles. The van der Waals surface area contributed by atoms with Crippen LogP contribution in [0.25, 0.3) is 0 Å². The largest absolute Gasteiger partial charge is 0.490 e. The fourth-order valence-electron chi connectivity index (χ4n) is 1.65. The van der Waals surface area contributed by atoms with Gasteiger partial charge in [0.25, 0.3) is 0 Å². The lowest BCUT2D eigenvalue weighted by Crippen LogP contribution is -2.09. The number of hydrogen-bond donors (Lipinski definition) is 1. The van der Waals surface area contributed by atoms with Crippen molar-refractivity contribution in [1.29, 1.82) is 0 Å². The molecule has 0 atom stereocenters. The molecule has 0 radical (unpaired) electrons. The summed E-state index contributed by atoms with van der Waals surface area (Å²) in [4.78, 5) is 0. The Balaban J connectivity index is 1.83. The molecular formula is C15H13Cl2NO3. The number of rotatable bonds is 6. The molecule has 110 valence electrons. The Labute approximate surface area is 132 Å². The molecule has 0 aliphatic carbocycles.